The molecular formula is C48H44BN3Si. The van der Waals surface area contributed by atoms with Crippen LogP contribution in [0.2, 0.25) is 19.6 Å². The zero-order valence-corrected chi connectivity index (χ0v) is 32.4. The van der Waals surface area contributed by atoms with E-state index in [2.05, 4.69) is 213 Å². The third-order valence-corrected chi connectivity index (χ3v) is 13.0. The van der Waals surface area contributed by atoms with Crippen molar-refractivity contribution >= 4 is 87.5 Å². The second kappa shape index (κ2) is 12.7. The summed E-state index contributed by atoms with van der Waals surface area (Å²) in [5.74, 6) is 0. The fourth-order valence-electron chi connectivity index (χ4n) is 8.17. The molecule has 0 spiro atoms. The standard InChI is InChI=1S/C48H44BN3Si/c1-33-16-22-37(23-17-33)50(38-24-18-34(2)19-25-38)40-28-29-43-45(30-40)52(39-26-20-35(3)21-27-39)47-32-41(53(4,5)6)31-46-48(47)49(43)42-14-10-11-15-44(42)51(46)36-12-8-7-9-13-36/h7-32H,1-6H3. The molecule has 0 N–H and O–H groups in total. The molecule has 0 bridgehead atoms. The average Bonchev–Trinajstić information content (AvgIpc) is 3.16. The summed E-state index contributed by atoms with van der Waals surface area (Å²) in [5, 5.41) is 1.45. The molecule has 53 heavy (non-hydrogen) atoms. The minimum Gasteiger partial charge on any atom is -0.311 e. The Balaban J connectivity index is 1.36. The van der Waals surface area contributed by atoms with Gasteiger partial charge in [0.15, 0.2) is 0 Å². The highest BCUT2D eigenvalue weighted by Crippen LogP contribution is 2.45. The number of hydrogen-bond acceptors (Lipinski definition) is 3. The van der Waals surface area contributed by atoms with Crippen molar-refractivity contribution in [1.82, 2.24) is 0 Å². The van der Waals surface area contributed by atoms with E-state index in [4.69, 9.17) is 0 Å². The van der Waals surface area contributed by atoms with Gasteiger partial charge in [0.05, 0.1) is 8.07 Å². The van der Waals surface area contributed by atoms with Crippen LogP contribution >= 0.6 is 0 Å². The molecule has 5 heteroatoms. The summed E-state index contributed by atoms with van der Waals surface area (Å²) < 4.78 is 0. The van der Waals surface area contributed by atoms with E-state index in [1.54, 1.807) is 0 Å². The third kappa shape index (κ3) is 5.67. The molecule has 7 aromatic rings. The van der Waals surface area contributed by atoms with Crippen molar-refractivity contribution in [2.75, 3.05) is 14.7 Å². The fourth-order valence-corrected chi connectivity index (χ4v) is 9.31. The highest BCUT2D eigenvalue weighted by atomic mass is 28.3. The predicted octanol–water partition coefficient (Wildman–Crippen LogP) is 10.7. The van der Waals surface area contributed by atoms with Crippen LogP contribution in [-0.4, -0.2) is 14.8 Å². The van der Waals surface area contributed by atoms with Crippen molar-refractivity contribution in [3.63, 3.8) is 0 Å². The molecule has 0 aromatic heterocycles. The van der Waals surface area contributed by atoms with Gasteiger partial charge in [-0.25, -0.2) is 0 Å². The van der Waals surface area contributed by atoms with Gasteiger partial charge < -0.3 is 14.7 Å². The summed E-state index contributed by atoms with van der Waals surface area (Å²) in [4.78, 5) is 7.46. The fraction of sp³-hybridized carbons (Fsp3) is 0.125. The van der Waals surface area contributed by atoms with E-state index in [0.29, 0.717) is 0 Å². The van der Waals surface area contributed by atoms with Crippen LogP contribution in [0, 0.1) is 20.8 Å². The molecule has 2 aliphatic rings. The highest BCUT2D eigenvalue weighted by molar-refractivity contribution is 7.00. The summed E-state index contributed by atoms with van der Waals surface area (Å²) in [6, 6.07) is 59.1. The van der Waals surface area contributed by atoms with Crippen molar-refractivity contribution in [2.24, 2.45) is 0 Å². The van der Waals surface area contributed by atoms with E-state index in [1.807, 2.05) is 0 Å². The second-order valence-corrected chi connectivity index (χ2v) is 20.8. The van der Waals surface area contributed by atoms with Crippen LogP contribution in [0.3, 0.4) is 0 Å². The number of nitrogens with zero attached hydrogens (tertiary/aromatic N) is 3. The topological polar surface area (TPSA) is 9.72 Å². The average molecular weight is 702 g/mol. The molecule has 258 valence electrons. The van der Waals surface area contributed by atoms with Crippen LogP contribution in [0.15, 0.2) is 158 Å². The Bertz CT molecular complexity index is 2420. The molecule has 2 aliphatic heterocycles. The molecule has 0 saturated carbocycles. The van der Waals surface area contributed by atoms with E-state index >= 15 is 0 Å². The van der Waals surface area contributed by atoms with Gasteiger partial charge in [0.2, 0.25) is 0 Å². The van der Waals surface area contributed by atoms with Gasteiger partial charge in [0.1, 0.15) is 0 Å². The minimum atomic E-state index is -1.78. The summed E-state index contributed by atoms with van der Waals surface area (Å²) in [6.07, 6.45) is 0. The number of hydrogen-bond donors (Lipinski definition) is 0. The largest absolute Gasteiger partial charge is 0.311 e. The van der Waals surface area contributed by atoms with Crippen LogP contribution in [0.1, 0.15) is 16.7 Å². The molecule has 9 rings (SSSR count). The van der Waals surface area contributed by atoms with Gasteiger partial charge in [-0.1, -0.05) is 120 Å². The zero-order chi connectivity index (χ0) is 36.4. The lowest BCUT2D eigenvalue weighted by Gasteiger charge is -2.45. The third-order valence-electron chi connectivity index (χ3n) is 11.0. The van der Waals surface area contributed by atoms with E-state index in [1.165, 1.54) is 72.4 Å². The first-order valence-electron chi connectivity index (χ1n) is 18.7. The van der Waals surface area contributed by atoms with Gasteiger partial charge in [-0.15, -0.1) is 0 Å². The normalized spacial score (nSPS) is 13.0. The Morgan fingerprint density at radius 1 is 0.434 bits per heavy atom. The van der Waals surface area contributed by atoms with Gasteiger partial charge >= 0.3 is 0 Å². The maximum Gasteiger partial charge on any atom is 0.252 e. The van der Waals surface area contributed by atoms with Crippen LogP contribution in [0.4, 0.5) is 51.2 Å². The molecule has 0 atom stereocenters. The molecule has 0 saturated heterocycles. The van der Waals surface area contributed by atoms with E-state index in [0.717, 1.165) is 17.1 Å². The quantitative estimate of drug-likeness (QED) is 0.160. The van der Waals surface area contributed by atoms with E-state index in [-0.39, 0.29) is 6.71 Å². The van der Waals surface area contributed by atoms with E-state index in [9.17, 15) is 0 Å². The molecule has 0 fully saturated rings. The Hall–Kier alpha value is -5.78. The van der Waals surface area contributed by atoms with Gasteiger partial charge in [-0.05, 0) is 116 Å². The molecule has 3 nitrogen and oxygen atoms in total. The van der Waals surface area contributed by atoms with Crippen LogP contribution in [-0.2, 0) is 0 Å². The lowest BCUT2D eigenvalue weighted by molar-refractivity contribution is 1.23. The molecule has 0 amide bonds. The van der Waals surface area contributed by atoms with Crippen LogP contribution in [0.5, 0.6) is 0 Å². The minimum absolute atomic E-state index is 0.0739. The number of rotatable bonds is 6. The lowest BCUT2D eigenvalue weighted by Crippen LogP contribution is -2.62. The number of fused-ring (bicyclic) bond motifs is 4. The molecule has 0 aliphatic carbocycles. The maximum atomic E-state index is 2.55. The Morgan fingerprint density at radius 2 is 0.906 bits per heavy atom. The van der Waals surface area contributed by atoms with Crippen molar-refractivity contribution in [2.45, 2.75) is 40.4 Å². The lowest BCUT2D eigenvalue weighted by atomic mass is 9.33. The first-order chi connectivity index (χ1) is 25.7. The van der Waals surface area contributed by atoms with Gasteiger partial charge in [0, 0.05) is 51.2 Å². The highest BCUT2D eigenvalue weighted by Gasteiger charge is 2.44. The summed E-state index contributed by atoms with van der Waals surface area (Å²) in [5.41, 5.74) is 18.5. The van der Waals surface area contributed by atoms with Gasteiger partial charge in [0.25, 0.3) is 6.71 Å². The van der Waals surface area contributed by atoms with E-state index < -0.39 is 8.07 Å². The molecule has 2 heterocycles. The van der Waals surface area contributed by atoms with Crippen LogP contribution in [0.25, 0.3) is 0 Å². The van der Waals surface area contributed by atoms with Crippen LogP contribution < -0.4 is 36.3 Å². The predicted molar refractivity (Wildman–Crippen MR) is 232 cm³/mol. The van der Waals surface area contributed by atoms with Gasteiger partial charge in [-0.3, -0.25) is 0 Å². The first-order valence-corrected chi connectivity index (χ1v) is 22.2. The first kappa shape index (κ1) is 33.1. The number of benzene rings is 7. The maximum absolute atomic E-state index is 2.55. The molecular weight excluding hydrogens is 657 g/mol. The second-order valence-electron chi connectivity index (χ2n) is 15.8. The SMILES string of the molecule is Cc1ccc(N(c2ccc(C)cc2)c2ccc3c(c2)N(c2ccc(C)cc2)c2cc([Si](C)(C)C)cc4c2B3c2ccccc2N4c2ccccc2)cc1. The Labute approximate surface area is 315 Å². The van der Waals surface area contributed by atoms with Gasteiger partial charge in [-0.2, -0.15) is 0 Å². The summed E-state index contributed by atoms with van der Waals surface area (Å²) in [6.45, 7) is 14.0. The number of aryl methyl sites for hydroxylation is 3. The monoisotopic (exact) mass is 701 g/mol. The smallest absolute Gasteiger partial charge is 0.252 e. The molecule has 7 aromatic carbocycles. The number of para-hydroxylation sites is 2. The Morgan fingerprint density at radius 3 is 1.49 bits per heavy atom. The molecule has 0 unspecified atom stereocenters. The number of anilines is 9. The zero-order valence-electron chi connectivity index (χ0n) is 31.4. The molecule has 0 radical (unpaired) electrons. The summed E-state index contributed by atoms with van der Waals surface area (Å²) in [7, 11) is -1.78. The van der Waals surface area contributed by atoms with Crippen molar-refractivity contribution in [3.05, 3.63) is 174 Å². The van der Waals surface area contributed by atoms with Crippen molar-refractivity contribution < 1.29 is 0 Å². The van der Waals surface area contributed by atoms with Crippen molar-refractivity contribution in [3.8, 4) is 0 Å². The van der Waals surface area contributed by atoms with Crippen molar-refractivity contribution in [1.29, 1.82) is 0 Å². The summed E-state index contributed by atoms with van der Waals surface area (Å²) >= 11 is 0. The Kier molecular flexibility index (Phi) is 7.94.